The van der Waals surface area contributed by atoms with Gasteiger partial charge in [0.05, 0.1) is 0 Å². The molecule has 3 rings (SSSR count). The summed E-state index contributed by atoms with van der Waals surface area (Å²) in [5.74, 6) is 0.614. The predicted octanol–water partition coefficient (Wildman–Crippen LogP) is 3.02. The molecular weight excluding hydrogens is 290 g/mol. The monoisotopic (exact) mass is 309 g/mol. The van der Waals surface area contributed by atoms with Crippen molar-refractivity contribution in [3.05, 3.63) is 33.8 Å². The van der Waals surface area contributed by atoms with Crippen LogP contribution in [0.1, 0.15) is 30.4 Å². The Balaban J connectivity index is 2.11. The molecule has 1 saturated heterocycles. The first-order valence-electron chi connectivity index (χ1n) is 6.83. The van der Waals surface area contributed by atoms with Gasteiger partial charge in [0, 0.05) is 23.1 Å². The standard InChI is InChI=1S/C15H20BrNO/c16-14-3-1-2-13-12(14)5-4-11(10-17)15(13)6-8-18-9-7-15/h1-3,11H,4-10,17H2. The van der Waals surface area contributed by atoms with Crippen LogP contribution in [0.5, 0.6) is 0 Å². The smallest absolute Gasteiger partial charge is 0.0474 e. The van der Waals surface area contributed by atoms with E-state index in [4.69, 9.17) is 10.5 Å². The number of halogens is 1. The van der Waals surface area contributed by atoms with Gasteiger partial charge in [-0.25, -0.2) is 0 Å². The first-order chi connectivity index (χ1) is 8.78. The van der Waals surface area contributed by atoms with Crippen LogP contribution < -0.4 is 5.73 Å². The third-order valence-corrected chi connectivity index (χ3v) is 5.59. The summed E-state index contributed by atoms with van der Waals surface area (Å²) >= 11 is 3.71. The maximum atomic E-state index is 6.05. The summed E-state index contributed by atoms with van der Waals surface area (Å²) < 4.78 is 6.85. The van der Waals surface area contributed by atoms with Gasteiger partial charge in [-0.15, -0.1) is 0 Å². The number of fused-ring (bicyclic) bond motifs is 2. The summed E-state index contributed by atoms with van der Waals surface area (Å²) in [4.78, 5) is 0. The molecule has 1 aliphatic carbocycles. The fourth-order valence-electron chi connectivity index (χ4n) is 3.85. The molecule has 3 heteroatoms. The second kappa shape index (κ2) is 4.95. The average molecular weight is 310 g/mol. The molecule has 0 aromatic heterocycles. The Morgan fingerprint density at radius 1 is 1.33 bits per heavy atom. The van der Waals surface area contributed by atoms with E-state index in [1.54, 1.807) is 0 Å². The highest BCUT2D eigenvalue weighted by Crippen LogP contribution is 2.49. The average Bonchev–Trinajstić information content (AvgIpc) is 2.41. The number of nitrogens with two attached hydrogens (primary N) is 1. The lowest BCUT2D eigenvalue weighted by Crippen LogP contribution is -2.47. The van der Waals surface area contributed by atoms with E-state index in [1.807, 2.05) is 0 Å². The zero-order valence-electron chi connectivity index (χ0n) is 10.6. The van der Waals surface area contributed by atoms with Crippen LogP contribution in [0.25, 0.3) is 0 Å². The Kier molecular flexibility index (Phi) is 3.48. The van der Waals surface area contributed by atoms with Gasteiger partial charge >= 0.3 is 0 Å². The topological polar surface area (TPSA) is 35.2 Å². The maximum Gasteiger partial charge on any atom is 0.0474 e. The fraction of sp³-hybridized carbons (Fsp3) is 0.600. The van der Waals surface area contributed by atoms with Crippen molar-refractivity contribution < 1.29 is 4.74 Å². The van der Waals surface area contributed by atoms with E-state index in [2.05, 4.69) is 34.1 Å². The van der Waals surface area contributed by atoms with Crippen LogP contribution in [0.4, 0.5) is 0 Å². The van der Waals surface area contributed by atoms with Gasteiger partial charge in [0.15, 0.2) is 0 Å². The number of rotatable bonds is 1. The molecule has 98 valence electrons. The Morgan fingerprint density at radius 3 is 2.83 bits per heavy atom. The lowest BCUT2D eigenvalue weighted by atomic mass is 9.59. The molecule has 0 amide bonds. The molecule has 1 aromatic carbocycles. The van der Waals surface area contributed by atoms with Crippen LogP contribution in [0, 0.1) is 5.92 Å². The first-order valence-corrected chi connectivity index (χ1v) is 7.63. The van der Waals surface area contributed by atoms with Crippen LogP contribution in [-0.4, -0.2) is 19.8 Å². The van der Waals surface area contributed by atoms with Gasteiger partial charge in [-0.1, -0.05) is 28.1 Å². The lowest BCUT2D eigenvalue weighted by molar-refractivity contribution is 0.0214. The molecule has 1 heterocycles. The Bertz CT molecular complexity index is 440. The van der Waals surface area contributed by atoms with Crippen molar-refractivity contribution in [3.63, 3.8) is 0 Å². The van der Waals surface area contributed by atoms with Crippen LogP contribution in [0.15, 0.2) is 22.7 Å². The molecule has 1 aliphatic heterocycles. The maximum absolute atomic E-state index is 6.05. The molecule has 2 N–H and O–H groups in total. The molecule has 1 fully saturated rings. The minimum Gasteiger partial charge on any atom is -0.381 e. The Hall–Kier alpha value is -0.380. The molecule has 2 aliphatic rings. The van der Waals surface area contributed by atoms with Crippen LogP contribution in [0.3, 0.4) is 0 Å². The largest absolute Gasteiger partial charge is 0.381 e. The van der Waals surface area contributed by atoms with E-state index in [1.165, 1.54) is 22.0 Å². The highest BCUT2D eigenvalue weighted by molar-refractivity contribution is 9.10. The Morgan fingerprint density at radius 2 is 2.11 bits per heavy atom. The highest BCUT2D eigenvalue weighted by atomic mass is 79.9. The zero-order chi connectivity index (χ0) is 12.6. The summed E-state index contributed by atoms with van der Waals surface area (Å²) in [5, 5.41) is 0. The van der Waals surface area contributed by atoms with Crippen molar-refractivity contribution in [2.24, 2.45) is 11.7 Å². The quantitative estimate of drug-likeness (QED) is 0.865. The van der Waals surface area contributed by atoms with Crippen LogP contribution in [0.2, 0.25) is 0 Å². The van der Waals surface area contributed by atoms with Gasteiger partial charge in [0.1, 0.15) is 0 Å². The van der Waals surface area contributed by atoms with E-state index in [0.717, 1.165) is 39.0 Å². The number of hydrogen-bond acceptors (Lipinski definition) is 2. The molecule has 1 aromatic rings. The van der Waals surface area contributed by atoms with Gasteiger partial charge in [-0.2, -0.15) is 0 Å². The zero-order valence-corrected chi connectivity index (χ0v) is 12.2. The molecule has 0 radical (unpaired) electrons. The van der Waals surface area contributed by atoms with Crippen LogP contribution >= 0.6 is 15.9 Å². The van der Waals surface area contributed by atoms with Crippen molar-refractivity contribution in [2.45, 2.75) is 31.1 Å². The second-order valence-corrected chi connectivity index (χ2v) is 6.36. The summed E-state index contributed by atoms with van der Waals surface area (Å²) in [6, 6.07) is 6.64. The minimum atomic E-state index is 0.268. The molecule has 1 atom stereocenters. The van der Waals surface area contributed by atoms with Crippen molar-refractivity contribution in [3.8, 4) is 0 Å². The van der Waals surface area contributed by atoms with Crippen molar-refractivity contribution in [1.29, 1.82) is 0 Å². The minimum absolute atomic E-state index is 0.268. The molecule has 0 saturated carbocycles. The molecule has 1 unspecified atom stereocenters. The van der Waals surface area contributed by atoms with Gasteiger partial charge in [-0.3, -0.25) is 0 Å². The molecule has 0 bridgehead atoms. The summed E-state index contributed by atoms with van der Waals surface area (Å²) in [7, 11) is 0. The number of ether oxygens (including phenoxy) is 1. The highest BCUT2D eigenvalue weighted by Gasteiger charge is 2.44. The summed E-state index contributed by atoms with van der Waals surface area (Å²) in [5.41, 5.74) is 9.35. The van der Waals surface area contributed by atoms with E-state index in [9.17, 15) is 0 Å². The van der Waals surface area contributed by atoms with Gasteiger partial charge in [0.25, 0.3) is 0 Å². The molecule has 1 spiro atoms. The fourth-order valence-corrected chi connectivity index (χ4v) is 4.42. The van der Waals surface area contributed by atoms with Crippen LogP contribution in [-0.2, 0) is 16.6 Å². The third kappa shape index (κ3) is 1.84. The molecule has 2 nitrogen and oxygen atoms in total. The second-order valence-electron chi connectivity index (χ2n) is 5.51. The third-order valence-electron chi connectivity index (χ3n) is 4.85. The summed E-state index contributed by atoms with van der Waals surface area (Å²) in [6.07, 6.45) is 4.62. The van der Waals surface area contributed by atoms with E-state index < -0.39 is 0 Å². The van der Waals surface area contributed by atoms with Crippen molar-refractivity contribution in [1.82, 2.24) is 0 Å². The van der Waals surface area contributed by atoms with Gasteiger partial charge < -0.3 is 10.5 Å². The van der Waals surface area contributed by atoms with E-state index >= 15 is 0 Å². The molecular formula is C15H20BrNO. The van der Waals surface area contributed by atoms with Crippen molar-refractivity contribution in [2.75, 3.05) is 19.8 Å². The SMILES string of the molecule is NCC1CCc2c(Br)cccc2C12CCOCC2. The normalized spacial score (nSPS) is 26.0. The molecule has 18 heavy (non-hydrogen) atoms. The predicted molar refractivity (Wildman–Crippen MR) is 76.7 cm³/mol. The number of benzene rings is 1. The van der Waals surface area contributed by atoms with Gasteiger partial charge in [0.2, 0.25) is 0 Å². The first kappa shape index (κ1) is 12.6. The van der Waals surface area contributed by atoms with Gasteiger partial charge in [-0.05, 0) is 55.3 Å². The number of hydrogen-bond donors (Lipinski definition) is 1. The summed E-state index contributed by atoms with van der Waals surface area (Å²) in [6.45, 7) is 2.55. The lowest BCUT2D eigenvalue weighted by Gasteiger charge is -2.48. The van der Waals surface area contributed by atoms with E-state index in [0.29, 0.717) is 5.92 Å². The Labute approximate surface area is 117 Å². The van der Waals surface area contributed by atoms with E-state index in [-0.39, 0.29) is 5.41 Å². The van der Waals surface area contributed by atoms with Crippen molar-refractivity contribution >= 4 is 15.9 Å².